The monoisotopic (exact) mass is 211 g/mol. The molecule has 0 bridgehead atoms. The summed E-state index contributed by atoms with van der Waals surface area (Å²) in [6.07, 6.45) is 3.04. The van der Waals surface area contributed by atoms with Gasteiger partial charge in [0.1, 0.15) is 0 Å². The molecule has 1 heteroatoms. The Morgan fingerprint density at radius 2 is 1.81 bits per heavy atom. The van der Waals surface area contributed by atoms with Gasteiger partial charge in [0.05, 0.1) is 5.69 Å². The molecular weight excluding hydrogens is 194 g/mol. The average molecular weight is 211 g/mol. The Balaban J connectivity index is 2.53. The second kappa shape index (κ2) is 4.48. The molecule has 0 amide bonds. The van der Waals surface area contributed by atoms with Crippen LogP contribution in [0.25, 0.3) is 11.3 Å². The highest BCUT2D eigenvalue weighted by atomic mass is 14.7. The van der Waals surface area contributed by atoms with Crippen molar-refractivity contribution in [1.82, 2.24) is 4.98 Å². The number of hydrogen-bond acceptors (Lipinski definition) is 1. The molecule has 0 aliphatic heterocycles. The van der Waals surface area contributed by atoms with E-state index in [4.69, 9.17) is 0 Å². The number of rotatable bonds is 2. The highest BCUT2D eigenvalue weighted by molar-refractivity contribution is 5.64. The predicted molar refractivity (Wildman–Crippen MR) is 68.5 cm³/mol. The first kappa shape index (κ1) is 10.9. The van der Waals surface area contributed by atoms with Gasteiger partial charge >= 0.3 is 0 Å². The molecular formula is C15H17N. The third-order valence-electron chi connectivity index (χ3n) is 3.02. The largest absolute Gasteiger partial charge is 0.256 e. The first-order valence-corrected chi connectivity index (χ1v) is 5.74. The van der Waals surface area contributed by atoms with Crippen molar-refractivity contribution in [3.05, 3.63) is 53.2 Å². The predicted octanol–water partition coefficient (Wildman–Crippen LogP) is 3.93. The summed E-state index contributed by atoms with van der Waals surface area (Å²) in [5.74, 6) is 0. The first-order valence-electron chi connectivity index (χ1n) is 5.74. The average Bonchev–Trinajstić information content (AvgIpc) is 2.31. The van der Waals surface area contributed by atoms with E-state index in [0.717, 1.165) is 12.1 Å². The number of nitrogens with zero attached hydrogens (tertiary/aromatic N) is 1. The fraction of sp³-hybridized carbons (Fsp3) is 0.267. The van der Waals surface area contributed by atoms with E-state index in [1.807, 2.05) is 6.20 Å². The quantitative estimate of drug-likeness (QED) is 0.733. The summed E-state index contributed by atoms with van der Waals surface area (Å²) in [6, 6.07) is 10.6. The van der Waals surface area contributed by atoms with E-state index in [2.05, 4.69) is 56.1 Å². The smallest absolute Gasteiger partial charge is 0.0707 e. The zero-order valence-electron chi connectivity index (χ0n) is 10.1. The summed E-state index contributed by atoms with van der Waals surface area (Å²) in [5.41, 5.74) is 6.26. The second-order valence-corrected chi connectivity index (χ2v) is 4.16. The van der Waals surface area contributed by atoms with Crippen LogP contribution in [-0.4, -0.2) is 4.98 Å². The Kier molecular flexibility index (Phi) is 3.04. The van der Waals surface area contributed by atoms with E-state index in [1.165, 1.54) is 22.3 Å². The number of aromatic nitrogens is 1. The van der Waals surface area contributed by atoms with Crippen molar-refractivity contribution in [2.75, 3.05) is 0 Å². The molecule has 16 heavy (non-hydrogen) atoms. The molecule has 82 valence electrons. The van der Waals surface area contributed by atoms with E-state index in [-0.39, 0.29) is 0 Å². The molecule has 0 fully saturated rings. The summed E-state index contributed by atoms with van der Waals surface area (Å²) < 4.78 is 0. The van der Waals surface area contributed by atoms with Crippen molar-refractivity contribution in [3.8, 4) is 11.3 Å². The maximum atomic E-state index is 4.52. The molecule has 0 unspecified atom stereocenters. The van der Waals surface area contributed by atoms with E-state index in [1.54, 1.807) is 0 Å². The fourth-order valence-electron chi connectivity index (χ4n) is 1.95. The molecule has 1 heterocycles. The van der Waals surface area contributed by atoms with Gasteiger partial charge in [-0.3, -0.25) is 4.98 Å². The summed E-state index contributed by atoms with van der Waals surface area (Å²) in [5, 5.41) is 0. The van der Waals surface area contributed by atoms with Crippen molar-refractivity contribution >= 4 is 0 Å². The lowest BCUT2D eigenvalue weighted by Crippen LogP contribution is -1.92. The molecule has 1 aromatic heterocycles. The van der Waals surface area contributed by atoms with Gasteiger partial charge in [-0.2, -0.15) is 0 Å². The minimum Gasteiger partial charge on any atom is -0.256 e. The number of hydrogen-bond donors (Lipinski definition) is 0. The van der Waals surface area contributed by atoms with E-state index < -0.39 is 0 Å². The zero-order valence-corrected chi connectivity index (χ0v) is 10.1. The Morgan fingerprint density at radius 1 is 1.06 bits per heavy atom. The molecule has 0 saturated carbocycles. The van der Waals surface area contributed by atoms with Crippen molar-refractivity contribution in [1.29, 1.82) is 0 Å². The van der Waals surface area contributed by atoms with Crippen LogP contribution in [0.1, 0.15) is 23.6 Å². The van der Waals surface area contributed by atoms with Gasteiger partial charge in [-0.25, -0.2) is 0 Å². The van der Waals surface area contributed by atoms with Gasteiger partial charge in [-0.15, -0.1) is 0 Å². The van der Waals surface area contributed by atoms with Crippen LogP contribution < -0.4 is 0 Å². The topological polar surface area (TPSA) is 12.9 Å². The number of benzene rings is 1. The van der Waals surface area contributed by atoms with Gasteiger partial charge in [0.2, 0.25) is 0 Å². The SMILES string of the molecule is CCc1cc(-c2ccccc2C)ncc1C. The second-order valence-electron chi connectivity index (χ2n) is 4.16. The van der Waals surface area contributed by atoms with Crippen LogP contribution >= 0.6 is 0 Å². The van der Waals surface area contributed by atoms with Gasteiger partial charge in [-0.05, 0) is 43.0 Å². The summed E-state index contributed by atoms with van der Waals surface area (Å²) in [6.45, 7) is 6.43. The fourth-order valence-corrected chi connectivity index (χ4v) is 1.95. The minimum absolute atomic E-state index is 1.06. The van der Waals surface area contributed by atoms with Crippen molar-refractivity contribution < 1.29 is 0 Å². The van der Waals surface area contributed by atoms with Gasteiger partial charge < -0.3 is 0 Å². The third kappa shape index (κ3) is 1.99. The molecule has 1 nitrogen and oxygen atoms in total. The highest BCUT2D eigenvalue weighted by Gasteiger charge is 2.04. The number of pyridine rings is 1. The Hall–Kier alpha value is -1.63. The van der Waals surface area contributed by atoms with E-state index >= 15 is 0 Å². The van der Waals surface area contributed by atoms with Crippen LogP contribution in [0.15, 0.2) is 36.5 Å². The molecule has 0 saturated heterocycles. The molecule has 0 aliphatic rings. The summed E-state index contributed by atoms with van der Waals surface area (Å²) >= 11 is 0. The third-order valence-corrected chi connectivity index (χ3v) is 3.02. The summed E-state index contributed by atoms with van der Waals surface area (Å²) in [4.78, 5) is 4.52. The molecule has 0 aliphatic carbocycles. The lowest BCUT2D eigenvalue weighted by Gasteiger charge is -2.08. The number of aryl methyl sites for hydroxylation is 3. The molecule has 2 rings (SSSR count). The Morgan fingerprint density at radius 3 is 2.50 bits per heavy atom. The van der Waals surface area contributed by atoms with Crippen LogP contribution in [0.3, 0.4) is 0 Å². The van der Waals surface area contributed by atoms with Crippen LogP contribution in [0.2, 0.25) is 0 Å². The zero-order chi connectivity index (χ0) is 11.5. The molecule has 0 N–H and O–H groups in total. The lowest BCUT2D eigenvalue weighted by molar-refractivity contribution is 1.08. The Bertz CT molecular complexity index is 501. The Labute approximate surface area is 97.2 Å². The normalized spacial score (nSPS) is 10.4. The molecule has 1 aromatic carbocycles. The maximum absolute atomic E-state index is 4.52. The van der Waals surface area contributed by atoms with Crippen LogP contribution in [0.4, 0.5) is 0 Å². The van der Waals surface area contributed by atoms with Gasteiger partial charge in [0.25, 0.3) is 0 Å². The van der Waals surface area contributed by atoms with Gasteiger partial charge in [0, 0.05) is 11.8 Å². The molecule has 2 aromatic rings. The van der Waals surface area contributed by atoms with Crippen LogP contribution in [-0.2, 0) is 6.42 Å². The molecule has 0 radical (unpaired) electrons. The molecule has 0 atom stereocenters. The van der Waals surface area contributed by atoms with Crippen molar-refractivity contribution in [2.24, 2.45) is 0 Å². The van der Waals surface area contributed by atoms with Crippen molar-refractivity contribution in [2.45, 2.75) is 27.2 Å². The van der Waals surface area contributed by atoms with Crippen molar-refractivity contribution in [3.63, 3.8) is 0 Å². The van der Waals surface area contributed by atoms with Crippen LogP contribution in [0.5, 0.6) is 0 Å². The lowest BCUT2D eigenvalue weighted by atomic mass is 10.0. The first-order chi connectivity index (χ1) is 7.72. The maximum Gasteiger partial charge on any atom is 0.0707 e. The van der Waals surface area contributed by atoms with E-state index in [9.17, 15) is 0 Å². The van der Waals surface area contributed by atoms with Gasteiger partial charge in [-0.1, -0.05) is 31.2 Å². The highest BCUT2D eigenvalue weighted by Crippen LogP contribution is 2.23. The van der Waals surface area contributed by atoms with Crippen LogP contribution in [0, 0.1) is 13.8 Å². The summed E-state index contributed by atoms with van der Waals surface area (Å²) in [7, 11) is 0. The molecule has 0 spiro atoms. The minimum atomic E-state index is 1.06. The van der Waals surface area contributed by atoms with E-state index in [0.29, 0.717) is 0 Å². The van der Waals surface area contributed by atoms with Gasteiger partial charge in [0.15, 0.2) is 0 Å². The standard InChI is InChI=1S/C15H17N/c1-4-13-9-15(16-10-12(13)3)14-8-6-5-7-11(14)2/h5-10H,4H2,1-3H3.